The van der Waals surface area contributed by atoms with E-state index in [1.807, 2.05) is 0 Å². The second-order valence-electron chi connectivity index (χ2n) is 1.82. The summed E-state index contributed by atoms with van der Waals surface area (Å²) in [7, 11) is 0. The lowest BCUT2D eigenvalue weighted by atomic mass is 10.2. The van der Waals surface area contributed by atoms with E-state index in [0.717, 1.165) is 0 Å². The molecule has 10 heavy (non-hydrogen) atoms. The van der Waals surface area contributed by atoms with E-state index in [1.165, 1.54) is 12.3 Å². The van der Waals surface area contributed by atoms with E-state index in [2.05, 4.69) is 4.99 Å². The van der Waals surface area contributed by atoms with Crippen LogP contribution in [0.1, 0.15) is 6.42 Å². The Morgan fingerprint density at radius 2 is 2.50 bits per heavy atom. The zero-order valence-corrected chi connectivity index (χ0v) is 5.89. The fourth-order valence-corrected chi connectivity index (χ4v) is 0.786. The molecule has 0 aromatic heterocycles. The number of carboxylic acid groups (broad SMARTS) is 1. The Morgan fingerprint density at radius 1 is 1.80 bits per heavy atom. The van der Waals surface area contributed by atoms with E-state index in [-0.39, 0.29) is 5.70 Å². The second-order valence-corrected chi connectivity index (χ2v) is 2.34. The van der Waals surface area contributed by atoms with Crippen molar-refractivity contribution in [1.29, 1.82) is 0 Å². The van der Waals surface area contributed by atoms with Gasteiger partial charge in [-0.15, -0.1) is 0 Å². The van der Waals surface area contributed by atoms with Crippen LogP contribution in [-0.2, 0) is 4.79 Å². The average Bonchev–Trinajstić information content (AvgIpc) is 1.88. The van der Waals surface area contributed by atoms with Crippen molar-refractivity contribution in [3.05, 3.63) is 11.8 Å². The van der Waals surface area contributed by atoms with Crippen molar-refractivity contribution in [3.8, 4) is 0 Å². The van der Waals surface area contributed by atoms with E-state index in [9.17, 15) is 4.79 Å². The van der Waals surface area contributed by atoms with Crippen LogP contribution in [0.15, 0.2) is 16.8 Å². The van der Waals surface area contributed by atoms with Gasteiger partial charge in [0.2, 0.25) is 0 Å². The molecule has 0 aromatic rings. The molecule has 0 saturated carbocycles. The van der Waals surface area contributed by atoms with Gasteiger partial charge in [0.25, 0.3) is 0 Å². The predicted octanol–water partition coefficient (Wildman–Crippen LogP) is 0.799. The lowest BCUT2D eigenvalue weighted by Gasteiger charge is -2.00. The van der Waals surface area contributed by atoms with Crippen LogP contribution >= 0.6 is 12.2 Å². The number of aliphatic carboxylic acids is 1. The monoisotopic (exact) mass is 155 g/mol. The molecule has 1 aliphatic heterocycles. The molecule has 0 amide bonds. The largest absolute Gasteiger partial charge is 0.477 e. The SMILES string of the molecule is O=C(O)C1=CC(=S)CC=N1. The van der Waals surface area contributed by atoms with E-state index in [0.29, 0.717) is 11.3 Å². The summed E-state index contributed by atoms with van der Waals surface area (Å²) in [6.45, 7) is 0. The maximum atomic E-state index is 10.3. The highest BCUT2D eigenvalue weighted by Gasteiger charge is 2.08. The number of thiocarbonyl (C=S) groups is 1. The average molecular weight is 155 g/mol. The minimum Gasteiger partial charge on any atom is -0.477 e. The Kier molecular flexibility index (Phi) is 1.91. The highest BCUT2D eigenvalue weighted by molar-refractivity contribution is 7.80. The normalized spacial score (nSPS) is 16.8. The molecule has 0 spiro atoms. The molecule has 0 fully saturated rings. The Labute approximate surface area is 63.1 Å². The first-order chi connectivity index (χ1) is 4.70. The number of nitrogens with zero attached hydrogens (tertiary/aromatic N) is 1. The van der Waals surface area contributed by atoms with Gasteiger partial charge in [-0.25, -0.2) is 4.79 Å². The molecule has 0 aromatic carbocycles. The van der Waals surface area contributed by atoms with Gasteiger partial charge >= 0.3 is 5.97 Å². The van der Waals surface area contributed by atoms with Crippen LogP contribution in [0.3, 0.4) is 0 Å². The highest BCUT2D eigenvalue weighted by atomic mass is 32.1. The van der Waals surface area contributed by atoms with Gasteiger partial charge in [0.15, 0.2) is 0 Å². The van der Waals surface area contributed by atoms with Crippen LogP contribution < -0.4 is 0 Å². The molecule has 0 aliphatic carbocycles. The molecule has 0 radical (unpaired) electrons. The van der Waals surface area contributed by atoms with Crippen molar-refractivity contribution >= 4 is 29.3 Å². The van der Waals surface area contributed by atoms with Crippen molar-refractivity contribution in [2.75, 3.05) is 0 Å². The first-order valence-electron chi connectivity index (χ1n) is 2.70. The third kappa shape index (κ3) is 1.48. The Balaban J connectivity index is 2.86. The summed E-state index contributed by atoms with van der Waals surface area (Å²) in [5.41, 5.74) is 0.0243. The molecular formula is C6H5NO2S. The molecule has 0 saturated heterocycles. The van der Waals surface area contributed by atoms with Gasteiger partial charge in [-0.3, -0.25) is 4.99 Å². The van der Waals surface area contributed by atoms with Crippen molar-refractivity contribution < 1.29 is 9.90 Å². The molecule has 1 rings (SSSR count). The molecule has 1 N–H and O–H groups in total. The summed E-state index contributed by atoms with van der Waals surface area (Å²) >= 11 is 4.77. The van der Waals surface area contributed by atoms with E-state index in [4.69, 9.17) is 17.3 Å². The van der Waals surface area contributed by atoms with Crippen LogP contribution in [0, 0.1) is 0 Å². The zero-order chi connectivity index (χ0) is 7.56. The molecule has 0 atom stereocenters. The van der Waals surface area contributed by atoms with Crippen LogP contribution in [-0.4, -0.2) is 22.2 Å². The molecule has 3 nitrogen and oxygen atoms in total. The summed E-state index contributed by atoms with van der Waals surface area (Å²) < 4.78 is 0. The minimum atomic E-state index is -1.03. The lowest BCUT2D eigenvalue weighted by molar-refractivity contribution is -0.132. The predicted molar refractivity (Wildman–Crippen MR) is 41.4 cm³/mol. The first kappa shape index (κ1) is 7.08. The van der Waals surface area contributed by atoms with Crippen LogP contribution in [0.25, 0.3) is 0 Å². The van der Waals surface area contributed by atoms with Gasteiger partial charge in [0.1, 0.15) is 5.70 Å². The van der Waals surface area contributed by atoms with Gasteiger partial charge in [0.05, 0.1) is 0 Å². The maximum Gasteiger partial charge on any atom is 0.354 e. The highest BCUT2D eigenvalue weighted by Crippen LogP contribution is 2.04. The van der Waals surface area contributed by atoms with E-state index < -0.39 is 5.97 Å². The molecule has 52 valence electrons. The summed E-state index contributed by atoms with van der Waals surface area (Å²) in [4.78, 5) is 14.5. The number of hydrogen-bond acceptors (Lipinski definition) is 3. The summed E-state index contributed by atoms with van der Waals surface area (Å²) in [5, 5.41) is 8.41. The number of allylic oxidation sites excluding steroid dienone is 1. The standard InChI is InChI=1S/C6H5NO2S/c8-6(9)5-3-4(10)1-2-7-5/h2-3H,1H2,(H,8,9). The Bertz CT molecular complexity index is 240. The van der Waals surface area contributed by atoms with E-state index >= 15 is 0 Å². The molecule has 0 bridgehead atoms. The van der Waals surface area contributed by atoms with Gasteiger partial charge in [-0.1, -0.05) is 12.2 Å². The zero-order valence-electron chi connectivity index (χ0n) is 5.07. The molecule has 1 aliphatic rings. The summed E-state index contributed by atoms with van der Waals surface area (Å²) in [6.07, 6.45) is 3.48. The third-order valence-corrected chi connectivity index (χ3v) is 1.32. The lowest BCUT2D eigenvalue weighted by Crippen LogP contribution is -2.06. The number of aliphatic imine (C=N–C) groups is 1. The van der Waals surface area contributed by atoms with Crippen molar-refractivity contribution in [1.82, 2.24) is 0 Å². The fourth-order valence-electron chi connectivity index (χ4n) is 0.600. The van der Waals surface area contributed by atoms with Gasteiger partial charge in [0, 0.05) is 17.5 Å². The number of carboxylic acids is 1. The molecule has 4 heteroatoms. The second kappa shape index (κ2) is 2.70. The summed E-state index contributed by atoms with van der Waals surface area (Å²) in [5.74, 6) is -1.03. The van der Waals surface area contributed by atoms with Crippen molar-refractivity contribution in [2.45, 2.75) is 6.42 Å². The van der Waals surface area contributed by atoms with Crippen LogP contribution in [0.4, 0.5) is 0 Å². The van der Waals surface area contributed by atoms with Gasteiger partial charge < -0.3 is 5.11 Å². The van der Waals surface area contributed by atoms with Gasteiger partial charge in [-0.2, -0.15) is 0 Å². The van der Waals surface area contributed by atoms with Gasteiger partial charge in [-0.05, 0) is 6.08 Å². The molecular weight excluding hydrogens is 150 g/mol. The number of rotatable bonds is 1. The van der Waals surface area contributed by atoms with Crippen molar-refractivity contribution in [2.24, 2.45) is 4.99 Å². The van der Waals surface area contributed by atoms with Crippen molar-refractivity contribution in [3.63, 3.8) is 0 Å². The quantitative estimate of drug-likeness (QED) is 0.570. The Morgan fingerprint density at radius 3 is 2.90 bits per heavy atom. The smallest absolute Gasteiger partial charge is 0.354 e. The molecule has 0 unspecified atom stereocenters. The summed E-state index contributed by atoms with van der Waals surface area (Å²) in [6, 6.07) is 0. The minimum absolute atomic E-state index is 0.0243. The fraction of sp³-hybridized carbons (Fsp3) is 0.167. The Hall–Kier alpha value is -1.03. The first-order valence-corrected chi connectivity index (χ1v) is 3.11. The molecule has 1 heterocycles. The van der Waals surface area contributed by atoms with Crippen LogP contribution in [0.5, 0.6) is 0 Å². The third-order valence-electron chi connectivity index (χ3n) is 1.04. The van der Waals surface area contributed by atoms with Crippen LogP contribution in [0.2, 0.25) is 0 Å². The topological polar surface area (TPSA) is 49.7 Å². The number of carbonyl (C=O) groups is 1. The maximum absolute atomic E-state index is 10.3. The van der Waals surface area contributed by atoms with E-state index in [1.54, 1.807) is 0 Å². The number of hydrogen-bond donors (Lipinski definition) is 1.